The molecule has 0 bridgehead atoms. The second kappa shape index (κ2) is 6.07. The van der Waals surface area contributed by atoms with E-state index in [4.69, 9.17) is 14.6 Å². The fourth-order valence-corrected chi connectivity index (χ4v) is 2.37. The van der Waals surface area contributed by atoms with Crippen molar-refractivity contribution in [2.24, 2.45) is 0 Å². The first-order chi connectivity index (χ1) is 9.89. The molecule has 0 spiro atoms. The Kier molecular flexibility index (Phi) is 5.00. The molecule has 0 saturated carbocycles. The highest BCUT2D eigenvalue weighted by molar-refractivity contribution is 5.69. The van der Waals surface area contributed by atoms with Crippen molar-refractivity contribution < 1.29 is 24.5 Å². The first kappa shape index (κ1) is 18.1. The maximum atomic E-state index is 11.0. The van der Waals surface area contributed by atoms with Crippen LogP contribution in [0.2, 0.25) is 0 Å². The van der Waals surface area contributed by atoms with Crippen LogP contribution in [0.1, 0.15) is 59.6 Å². The van der Waals surface area contributed by atoms with Crippen LogP contribution in [0, 0.1) is 0 Å². The predicted octanol–water partition coefficient (Wildman–Crippen LogP) is 4.44. The molecule has 5 heteroatoms. The van der Waals surface area contributed by atoms with Crippen LogP contribution in [0.15, 0.2) is 6.07 Å². The zero-order valence-electron chi connectivity index (χ0n) is 14.4. The Morgan fingerprint density at radius 2 is 1.68 bits per heavy atom. The van der Waals surface area contributed by atoms with Gasteiger partial charge in [0.1, 0.15) is 5.75 Å². The van der Waals surface area contributed by atoms with Crippen molar-refractivity contribution in [3.8, 4) is 17.2 Å². The van der Waals surface area contributed by atoms with Crippen LogP contribution < -0.4 is 9.47 Å². The largest absolute Gasteiger partial charge is 0.511 e. The Labute approximate surface area is 131 Å². The standard InChI is InChI=1S/C17H26O5/c1-8-21-11-9-10(16(2,3)4)14(22-15(19)20)13(18)12(11)17(5,6)7/h9,18H,8H2,1-7H3,(H,19,20). The summed E-state index contributed by atoms with van der Waals surface area (Å²) >= 11 is 0. The summed E-state index contributed by atoms with van der Waals surface area (Å²) in [6.07, 6.45) is -1.45. The maximum Gasteiger partial charge on any atom is 0.511 e. The number of carbonyl (C=O) groups is 1. The third-order valence-corrected chi connectivity index (χ3v) is 3.27. The summed E-state index contributed by atoms with van der Waals surface area (Å²) in [6, 6.07) is 1.77. The van der Waals surface area contributed by atoms with Crippen LogP contribution in [-0.2, 0) is 10.8 Å². The van der Waals surface area contributed by atoms with Gasteiger partial charge in [-0.05, 0) is 23.8 Å². The molecule has 0 heterocycles. The van der Waals surface area contributed by atoms with Crippen molar-refractivity contribution in [1.82, 2.24) is 0 Å². The van der Waals surface area contributed by atoms with Crippen LogP contribution >= 0.6 is 0 Å². The van der Waals surface area contributed by atoms with E-state index in [2.05, 4.69) is 0 Å². The van der Waals surface area contributed by atoms with E-state index in [0.29, 0.717) is 23.5 Å². The van der Waals surface area contributed by atoms with Crippen molar-refractivity contribution in [1.29, 1.82) is 0 Å². The van der Waals surface area contributed by atoms with E-state index >= 15 is 0 Å². The average molecular weight is 310 g/mol. The van der Waals surface area contributed by atoms with Crippen molar-refractivity contribution in [2.75, 3.05) is 6.61 Å². The highest BCUT2D eigenvalue weighted by Crippen LogP contribution is 2.49. The molecule has 0 aromatic heterocycles. The average Bonchev–Trinajstić information content (AvgIpc) is 2.29. The molecule has 0 radical (unpaired) electrons. The Morgan fingerprint density at radius 3 is 2.05 bits per heavy atom. The number of hydrogen-bond acceptors (Lipinski definition) is 4. The first-order valence-corrected chi connectivity index (χ1v) is 7.34. The van der Waals surface area contributed by atoms with Gasteiger partial charge in [-0.25, -0.2) is 4.79 Å². The fourth-order valence-electron chi connectivity index (χ4n) is 2.37. The zero-order chi connectivity index (χ0) is 17.3. The topological polar surface area (TPSA) is 76.0 Å². The fraction of sp³-hybridized carbons (Fsp3) is 0.588. The number of aromatic hydroxyl groups is 1. The van der Waals surface area contributed by atoms with Crippen LogP contribution in [0.3, 0.4) is 0 Å². The Balaban J connectivity index is 3.77. The highest BCUT2D eigenvalue weighted by atomic mass is 16.7. The summed E-state index contributed by atoms with van der Waals surface area (Å²) in [5, 5.41) is 19.6. The number of phenolic OH excluding ortho intramolecular Hbond substituents is 1. The number of hydrogen-bond donors (Lipinski definition) is 2. The molecule has 0 amide bonds. The molecule has 0 fully saturated rings. The SMILES string of the molecule is CCOc1cc(C(C)(C)C)c(OC(=O)O)c(O)c1C(C)(C)C. The van der Waals surface area contributed by atoms with Crippen molar-refractivity contribution in [3.05, 3.63) is 17.2 Å². The summed E-state index contributed by atoms with van der Waals surface area (Å²) in [5.41, 5.74) is 0.286. The maximum absolute atomic E-state index is 11.0. The molecule has 5 nitrogen and oxygen atoms in total. The van der Waals surface area contributed by atoms with Gasteiger partial charge in [0.2, 0.25) is 0 Å². The van der Waals surface area contributed by atoms with Gasteiger partial charge < -0.3 is 19.7 Å². The van der Waals surface area contributed by atoms with Crippen LogP contribution in [0.25, 0.3) is 0 Å². The number of phenols is 1. The lowest BCUT2D eigenvalue weighted by atomic mass is 9.80. The minimum Gasteiger partial charge on any atom is -0.504 e. The van der Waals surface area contributed by atoms with Gasteiger partial charge in [-0.1, -0.05) is 41.5 Å². The molecule has 22 heavy (non-hydrogen) atoms. The third-order valence-electron chi connectivity index (χ3n) is 3.27. The molecule has 1 rings (SSSR count). The van der Waals surface area contributed by atoms with Crippen molar-refractivity contribution in [2.45, 2.75) is 59.3 Å². The molecule has 0 atom stereocenters. The van der Waals surface area contributed by atoms with E-state index in [1.807, 2.05) is 48.5 Å². The summed E-state index contributed by atoms with van der Waals surface area (Å²) in [7, 11) is 0. The molecular formula is C17H26O5. The van der Waals surface area contributed by atoms with E-state index in [-0.39, 0.29) is 11.5 Å². The molecule has 0 saturated heterocycles. The summed E-state index contributed by atoms with van der Waals surface area (Å²) in [4.78, 5) is 11.0. The molecule has 2 N–H and O–H groups in total. The monoisotopic (exact) mass is 310 g/mol. The Hall–Kier alpha value is -1.91. The van der Waals surface area contributed by atoms with Gasteiger partial charge in [-0.15, -0.1) is 0 Å². The van der Waals surface area contributed by atoms with Gasteiger partial charge >= 0.3 is 6.16 Å². The van der Waals surface area contributed by atoms with E-state index in [1.54, 1.807) is 6.07 Å². The number of carboxylic acid groups (broad SMARTS) is 1. The number of ether oxygens (including phenoxy) is 2. The van der Waals surface area contributed by atoms with Gasteiger partial charge in [0.15, 0.2) is 11.5 Å². The quantitative estimate of drug-likeness (QED) is 0.637. The smallest absolute Gasteiger partial charge is 0.504 e. The van der Waals surface area contributed by atoms with Crippen molar-refractivity contribution in [3.63, 3.8) is 0 Å². The van der Waals surface area contributed by atoms with Gasteiger partial charge in [0, 0.05) is 11.1 Å². The van der Waals surface area contributed by atoms with E-state index in [0.717, 1.165) is 0 Å². The Bertz CT molecular complexity index is 562. The third kappa shape index (κ3) is 3.84. The van der Waals surface area contributed by atoms with E-state index in [1.165, 1.54) is 0 Å². The van der Waals surface area contributed by atoms with Gasteiger partial charge in [0.05, 0.1) is 6.61 Å². The molecule has 0 unspecified atom stereocenters. The van der Waals surface area contributed by atoms with E-state index in [9.17, 15) is 9.90 Å². The molecule has 1 aromatic rings. The summed E-state index contributed by atoms with van der Waals surface area (Å²) in [6.45, 7) is 13.8. The first-order valence-electron chi connectivity index (χ1n) is 7.34. The predicted molar refractivity (Wildman–Crippen MR) is 85.3 cm³/mol. The van der Waals surface area contributed by atoms with Gasteiger partial charge in [0.25, 0.3) is 0 Å². The number of benzene rings is 1. The lowest BCUT2D eigenvalue weighted by Crippen LogP contribution is -2.20. The minimum atomic E-state index is -1.45. The van der Waals surface area contributed by atoms with Gasteiger partial charge in [-0.3, -0.25) is 0 Å². The Morgan fingerprint density at radius 1 is 1.14 bits per heavy atom. The molecular weight excluding hydrogens is 284 g/mol. The van der Waals surface area contributed by atoms with Crippen LogP contribution in [0.4, 0.5) is 4.79 Å². The molecule has 0 aliphatic carbocycles. The molecule has 0 aliphatic rings. The van der Waals surface area contributed by atoms with Gasteiger partial charge in [-0.2, -0.15) is 0 Å². The van der Waals surface area contributed by atoms with Crippen molar-refractivity contribution >= 4 is 6.16 Å². The summed E-state index contributed by atoms with van der Waals surface area (Å²) < 4.78 is 10.6. The second-order valence-corrected chi connectivity index (χ2v) is 7.28. The molecule has 1 aromatic carbocycles. The van der Waals surface area contributed by atoms with E-state index < -0.39 is 17.0 Å². The highest BCUT2D eigenvalue weighted by Gasteiger charge is 2.32. The minimum absolute atomic E-state index is 0.0200. The second-order valence-electron chi connectivity index (χ2n) is 7.28. The van der Waals surface area contributed by atoms with Crippen LogP contribution in [-0.4, -0.2) is 23.0 Å². The van der Waals surface area contributed by atoms with Crippen LogP contribution in [0.5, 0.6) is 17.2 Å². The lowest BCUT2D eigenvalue weighted by molar-refractivity contribution is 0.141. The molecule has 0 aliphatic heterocycles. The lowest BCUT2D eigenvalue weighted by Gasteiger charge is -2.29. The zero-order valence-corrected chi connectivity index (χ0v) is 14.4. The summed E-state index contributed by atoms with van der Waals surface area (Å²) in [5.74, 6) is 0.356. The number of rotatable bonds is 3. The molecule has 124 valence electrons. The normalized spacial score (nSPS) is 12.1.